The summed E-state index contributed by atoms with van der Waals surface area (Å²) in [5, 5.41) is 16.3. The first-order valence-electron chi connectivity index (χ1n) is 8.33. The molecule has 1 heterocycles. The second-order valence-electron chi connectivity index (χ2n) is 6.30. The van der Waals surface area contributed by atoms with Gasteiger partial charge in [0.15, 0.2) is 0 Å². The van der Waals surface area contributed by atoms with Gasteiger partial charge in [-0.15, -0.1) is 0 Å². The van der Waals surface area contributed by atoms with Crippen LogP contribution in [0.3, 0.4) is 0 Å². The summed E-state index contributed by atoms with van der Waals surface area (Å²) in [5.74, 6) is 0. The maximum absolute atomic E-state index is 12.7. The van der Waals surface area contributed by atoms with E-state index in [-0.39, 0.29) is 10.6 Å². The molecule has 0 unspecified atom stereocenters. The summed E-state index contributed by atoms with van der Waals surface area (Å²) in [6.07, 6.45) is 0. The molecule has 1 N–H and O–H groups in total. The lowest BCUT2D eigenvalue weighted by molar-refractivity contribution is -0.385. The molecular formula is C18H16Cl2N4O4S. The number of aryl methyl sites for hydroxylation is 1. The Morgan fingerprint density at radius 2 is 1.90 bits per heavy atom. The van der Waals surface area contributed by atoms with Crippen molar-refractivity contribution in [3.05, 3.63) is 79.6 Å². The van der Waals surface area contributed by atoms with Crippen molar-refractivity contribution >= 4 is 44.6 Å². The zero-order valence-electron chi connectivity index (χ0n) is 15.4. The van der Waals surface area contributed by atoms with Crippen molar-refractivity contribution in [2.24, 2.45) is 0 Å². The van der Waals surface area contributed by atoms with Gasteiger partial charge in [0, 0.05) is 22.2 Å². The quantitative estimate of drug-likeness (QED) is 0.433. The van der Waals surface area contributed by atoms with E-state index in [2.05, 4.69) is 9.82 Å². The molecule has 0 aliphatic carbocycles. The number of nitro benzene ring substituents is 1. The SMILES string of the molecule is Cc1nn(Cc2ccc(Cl)cc2Cl)c(C)c1NS(=O)(=O)c1cccc([N+](=O)[O-])c1. The fourth-order valence-corrected chi connectivity index (χ4v) is 4.45. The minimum atomic E-state index is -4.04. The molecule has 1 aromatic heterocycles. The van der Waals surface area contributed by atoms with Crippen LogP contribution in [0.5, 0.6) is 0 Å². The average molecular weight is 455 g/mol. The van der Waals surface area contributed by atoms with E-state index < -0.39 is 14.9 Å². The number of anilines is 1. The zero-order chi connectivity index (χ0) is 21.3. The standard InChI is InChI=1S/C18H16Cl2N4O4S/c1-11-18(22-29(27,28)16-5-3-4-15(9-16)24(25)26)12(2)23(21-11)10-13-6-7-14(19)8-17(13)20/h3-9,22H,10H2,1-2H3. The number of hydrogen-bond acceptors (Lipinski definition) is 5. The van der Waals surface area contributed by atoms with Crippen LogP contribution in [0.4, 0.5) is 11.4 Å². The van der Waals surface area contributed by atoms with Crippen LogP contribution in [0.15, 0.2) is 47.4 Å². The van der Waals surface area contributed by atoms with Crippen LogP contribution in [-0.4, -0.2) is 23.1 Å². The number of nitrogens with zero attached hydrogens (tertiary/aromatic N) is 3. The highest BCUT2D eigenvalue weighted by Gasteiger charge is 2.22. The lowest BCUT2D eigenvalue weighted by atomic mass is 10.2. The molecule has 0 radical (unpaired) electrons. The number of hydrogen-bond donors (Lipinski definition) is 1. The third kappa shape index (κ3) is 4.52. The molecule has 3 rings (SSSR count). The Hall–Kier alpha value is -2.62. The van der Waals surface area contributed by atoms with Crippen LogP contribution < -0.4 is 4.72 Å². The van der Waals surface area contributed by atoms with Crippen LogP contribution >= 0.6 is 23.2 Å². The fraction of sp³-hybridized carbons (Fsp3) is 0.167. The van der Waals surface area contributed by atoms with Gasteiger partial charge < -0.3 is 0 Å². The van der Waals surface area contributed by atoms with Crippen molar-refractivity contribution in [3.8, 4) is 0 Å². The molecule has 152 valence electrons. The van der Waals surface area contributed by atoms with Gasteiger partial charge in [-0.3, -0.25) is 19.5 Å². The van der Waals surface area contributed by atoms with Crippen molar-refractivity contribution in [1.82, 2.24) is 9.78 Å². The smallest absolute Gasteiger partial charge is 0.270 e. The van der Waals surface area contributed by atoms with Crippen LogP contribution in [0.2, 0.25) is 10.0 Å². The Morgan fingerprint density at radius 3 is 2.55 bits per heavy atom. The van der Waals surface area contributed by atoms with Gasteiger partial charge in [-0.05, 0) is 37.6 Å². The van der Waals surface area contributed by atoms with Crippen molar-refractivity contribution in [3.63, 3.8) is 0 Å². The molecule has 0 spiro atoms. The van der Waals surface area contributed by atoms with Gasteiger partial charge in [-0.2, -0.15) is 5.10 Å². The normalized spacial score (nSPS) is 11.4. The molecule has 0 aliphatic heterocycles. The van der Waals surface area contributed by atoms with Gasteiger partial charge in [-0.25, -0.2) is 8.42 Å². The maximum atomic E-state index is 12.7. The topological polar surface area (TPSA) is 107 Å². The van der Waals surface area contributed by atoms with Gasteiger partial charge in [-0.1, -0.05) is 35.3 Å². The maximum Gasteiger partial charge on any atom is 0.270 e. The van der Waals surface area contributed by atoms with E-state index in [1.165, 1.54) is 18.2 Å². The minimum absolute atomic E-state index is 0.209. The summed E-state index contributed by atoms with van der Waals surface area (Å²) in [6, 6.07) is 9.94. The van der Waals surface area contributed by atoms with E-state index >= 15 is 0 Å². The van der Waals surface area contributed by atoms with E-state index in [1.807, 2.05) is 0 Å². The third-order valence-electron chi connectivity index (χ3n) is 4.29. The number of halogens is 2. The summed E-state index contributed by atoms with van der Waals surface area (Å²) in [4.78, 5) is 10.1. The van der Waals surface area contributed by atoms with Crippen LogP contribution in [0, 0.1) is 24.0 Å². The van der Waals surface area contributed by atoms with E-state index in [9.17, 15) is 18.5 Å². The molecule has 11 heteroatoms. The zero-order valence-corrected chi connectivity index (χ0v) is 17.7. The highest BCUT2D eigenvalue weighted by atomic mass is 35.5. The van der Waals surface area contributed by atoms with E-state index in [1.54, 1.807) is 36.7 Å². The van der Waals surface area contributed by atoms with Crippen molar-refractivity contribution in [2.45, 2.75) is 25.3 Å². The first-order valence-corrected chi connectivity index (χ1v) is 10.6. The Balaban J connectivity index is 1.92. The van der Waals surface area contributed by atoms with Gasteiger partial charge >= 0.3 is 0 Å². The van der Waals surface area contributed by atoms with Crippen molar-refractivity contribution in [1.29, 1.82) is 0 Å². The second-order valence-corrected chi connectivity index (χ2v) is 8.83. The Bertz CT molecular complexity index is 1210. The molecule has 29 heavy (non-hydrogen) atoms. The Labute approximate surface area is 177 Å². The fourth-order valence-electron chi connectivity index (χ4n) is 2.77. The number of benzene rings is 2. The minimum Gasteiger partial charge on any atom is -0.276 e. The summed E-state index contributed by atoms with van der Waals surface area (Å²) in [5.41, 5.74) is 1.80. The highest BCUT2D eigenvalue weighted by molar-refractivity contribution is 7.92. The number of non-ortho nitro benzene ring substituents is 1. The van der Waals surface area contributed by atoms with E-state index in [0.717, 1.165) is 11.6 Å². The lowest BCUT2D eigenvalue weighted by Crippen LogP contribution is -2.14. The molecule has 0 aliphatic rings. The second kappa shape index (κ2) is 8.02. The number of sulfonamides is 1. The predicted molar refractivity (Wildman–Crippen MR) is 111 cm³/mol. The van der Waals surface area contributed by atoms with Crippen LogP contribution in [-0.2, 0) is 16.6 Å². The van der Waals surface area contributed by atoms with Gasteiger partial charge in [0.25, 0.3) is 15.7 Å². The highest BCUT2D eigenvalue weighted by Crippen LogP contribution is 2.27. The molecule has 0 amide bonds. The molecule has 0 fully saturated rings. The molecule has 2 aromatic carbocycles. The number of aromatic nitrogens is 2. The predicted octanol–water partition coefficient (Wildman–Crippen LogP) is 4.56. The largest absolute Gasteiger partial charge is 0.276 e. The third-order valence-corrected chi connectivity index (χ3v) is 6.23. The molecule has 8 nitrogen and oxygen atoms in total. The number of nitro groups is 1. The molecule has 3 aromatic rings. The van der Waals surface area contributed by atoms with Crippen molar-refractivity contribution in [2.75, 3.05) is 4.72 Å². The Kier molecular flexibility index (Phi) is 5.83. The molecular weight excluding hydrogens is 439 g/mol. The van der Waals surface area contributed by atoms with Gasteiger partial charge in [0.1, 0.15) is 0 Å². The average Bonchev–Trinajstić information content (AvgIpc) is 2.91. The summed E-state index contributed by atoms with van der Waals surface area (Å²) < 4.78 is 29.6. The number of nitrogens with one attached hydrogen (secondary N) is 1. The first kappa shape index (κ1) is 21.1. The summed E-state index contributed by atoms with van der Waals surface area (Å²) >= 11 is 12.1. The van der Waals surface area contributed by atoms with E-state index in [0.29, 0.717) is 33.7 Å². The summed E-state index contributed by atoms with van der Waals surface area (Å²) in [7, 11) is -4.04. The molecule has 0 atom stereocenters. The monoisotopic (exact) mass is 454 g/mol. The lowest BCUT2D eigenvalue weighted by Gasteiger charge is -2.10. The summed E-state index contributed by atoms with van der Waals surface area (Å²) in [6.45, 7) is 3.70. The van der Waals surface area contributed by atoms with E-state index in [4.69, 9.17) is 23.2 Å². The van der Waals surface area contributed by atoms with Crippen LogP contribution in [0.1, 0.15) is 17.0 Å². The molecule has 0 saturated carbocycles. The Morgan fingerprint density at radius 1 is 1.17 bits per heavy atom. The number of rotatable bonds is 6. The first-order chi connectivity index (χ1) is 13.6. The van der Waals surface area contributed by atoms with Gasteiger partial charge in [0.05, 0.1) is 33.4 Å². The molecule has 0 bridgehead atoms. The van der Waals surface area contributed by atoms with Crippen molar-refractivity contribution < 1.29 is 13.3 Å². The van der Waals surface area contributed by atoms with Gasteiger partial charge in [0.2, 0.25) is 0 Å². The molecule has 0 saturated heterocycles. The van der Waals surface area contributed by atoms with Crippen LogP contribution in [0.25, 0.3) is 0 Å².